The van der Waals surface area contributed by atoms with Gasteiger partial charge in [-0.25, -0.2) is 0 Å². The summed E-state index contributed by atoms with van der Waals surface area (Å²) in [6.07, 6.45) is 7.47. The van der Waals surface area contributed by atoms with Crippen molar-refractivity contribution in [2.24, 2.45) is 5.92 Å². The van der Waals surface area contributed by atoms with Crippen LogP contribution in [0.2, 0.25) is 0 Å². The zero-order valence-corrected chi connectivity index (χ0v) is 10.1. The molecule has 0 saturated heterocycles. The quantitative estimate of drug-likeness (QED) is 0.639. The van der Waals surface area contributed by atoms with Crippen molar-refractivity contribution in [2.75, 3.05) is 0 Å². The molecule has 1 fully saturated rings. The summed E-state index contributed by atoms with van der Waals surface area (Å²) in [5.74, 6) is 0.318. The normalized spacial score (nSPS) is 19.6. The first kappa shape index (κ1) is 12.3. The minimum atomic E-state index is -0.477. The summed E-state index contributed by atoms with van der Waals surface area (Å²) < 4.78 is 0. The second-order valence-electron chi connectivity index (χ2n) is 4.94. The van der Waals surface area contributed by atoms with Crippen LogP contribution in [-0.2, 0) is 0 Å². The molecule has 1 aliphatic rings. The Bertz CT molecular complexity index is 365. The largest absolute Gasteiger partial charge is 0.388 e. The van der Waals surface area contributed by atoms with Crippen molar-refractivity contribution < 1.29 is 9.90 Å². The zero-order valence-electron chi connectivity index (χ0n) is 10.1. The number of hydrogen-bond donors (Lipinski definition) is 1. The van der Waals surface area contributed by atoms with E-state index in [0.29, 0.717) is 11.5 Å². The molecule has 0 bridgehead atoms. The van der Waals surface area contributed by atoms with Crippen LogP contribution >= 0.6 is 0 Å². The van der Waals surface area contributed by atoms with Crippen LogP contribution in [0.15, 0.2) is 24.3 Å². The van der Waals surface area contributed by atoms with Crippen LogP contribution in [0.5, 0.6) is 0 Å². The highest BCUT2D eigenvalue weighted by atomic mass is 16.3. The van der Waals surface area contributed by atoms with Gasteiger partial charge in [0.25, 0.3) is 0 Å². The molecule has 17 heavy (non-hydrogen) atoms. The fourth-order valence-electron chi connectivity index (χ4n) is 2.77. The molecule has 1 unspecified atom stereocenters. The maximum atomic E-state index is 11.0. The Morgan fingerprint density at radius 1 is 1.12 bits per heavy atom. The summed E-state index contributed by atoms with van der Waals surface area (Å²) in [7, 11) is 0. The monoisotopic (exact) mass is 232 g/mol. The Kier molecular flexibility index (Phi) is 4.32. The lowest BCUT2D eigenvalue weighted by Gasteiger charge is -2.22. The number of benzene rings is 1. The first-order valence-electron chi connectivity index (χ1n) is 6.55. The van der Waals surface area contributed by atoms with E-state index in [-0.39, 0.29) is 0 Å². The molecule has 1 aliphatic carbocycles. The maximum absolute atomic E-state index is 11.0. The molecule has 0 aliphatic heterocycles. The molecule has 1 N–H and O–H groups in total. The van der Waals surface area contributed by atoms with Crippen LogP contribution in [0.1, 0.15) is 60.6 Å². The molecule has 0 spiro atoms. The molecule has 1 aromatic rings. The molecular formula is C15H20O2. The Hall–Kier alpha value is -1.15. The van der Waals surface area contributed by atoms with Gasteiger partial charge in [-0.15, -0.1) is 0 Å². The van der Waals surface area contributed by atoms with Crippen molar-refractivity contribution in [1.29, 1.82) is 0 Å². The fourth-order valence-corrected chi connectivity index (χ4v) is 2.77. The van der Waals surface area contributed by atoms with Gasteiger partial charge < -0.3 is 5.11 Å². The third-order valence-electron chi connectivity index (χ3n) is 3.79. The van der Waals surface area contributed by atoms with Crippen LogP contribution < -0.4 is 0 Å². The van der Waals surface area contributed by atoms with Gasteiger partial charge in [0.05, 0.1) is 6.10 Å². The van der Waals surface area contributed by atoms with E-state index in [1.54, 1.807) is 6.07 Å². The van der Waals surface area contributed by atoms with Gasteiger partial charge in [0.2, 0.25) is 0 Å². The fraction of sp³-hybridized carbons (Fsp3) is 0.533. The molecule has 0 radical (unpaired) electrons. The second kappa shape index (κ2) is 5.97. The predicted molar refractivity (Wildman–Crippen MR) is 68.0 cm³/mol. The van der Waals surface area contributed by atoms with Crippen molar-refractivity contribution in [1.82, 2.24) is 0 Å². The maximum Gasteiger partial charge on any atom is 0.150 e. The number of aldehydes is 1. The van der Waals surface area contributed by atoms with Crippen LogP contribution in [0, 0.1) is 5.92 Å². The third kappa shape index (κ3) is 2.95. The standard InChI is InChI=1S/C15H20O2/c16-11-13-9-5-6-10-14(13)15(17)12-7-3-1-2-4-8-12/h5-6,9-12,15,17H,1-4,7-8H2. The van der Waals surface area contributed by atoms with Gasteiger partial charge >= 0.3 is 0 Å². The van der Waals surface area contributed by atoms with Gasteiger partial charge in [-0.05, 0) is 24.3 Å². The predicted octanol–water partition coefficient (Wildman–Crippen LogP) is 3.50. The smallest absolute Gasteiger partial charge is 0.150 e. The number of aliphatic hydroxyl groups is 1. The van der Waals surface area contributed by atoms with Crippen LogP contribution in [0.4, 0.5) is 0 Å². The lowest BCUT2D eigenvalue weighted by Crippen LogP contribution is -2.13. The molecule has 1 aromatic carbocycles. The molecule has 0 aromatic heterocycles. The Morgan fingerprint density at radius 3 is 2.41 bits per heavy atom. The minimum absolute atomic E-state index is 0.318. The van der Waals surface area contributed by atoms with E-state index in [0.717, 1.165) is 24.7 Å². The Labute approximate surface area is 103 Å². The van der Waals surface area contributed by atoms with Crippen LogP contribution in [-0.4, -0.2) is 11.4 Å². The lowest BCUT2D eigenvalue weighted by molar-refractivity contribution is 0.0958. The first-order valence-corrected chi connectivity index (χ1v) is 6.55. The Morgan fingerprint density at radius 2 is 1.76 bits per heavy atom. The number of hydrogen-bond acceptors (Lipinski definition) is 2. The molecular weight excluding hydrogens is 212 g/mol. The third-order valence-corrected chi connectivity index (χ3v) is 3.79. The lowest BCUT2D eigenvalue weighted by atomic mass is 9.87. The van der Waals surface area contributed by atoms with Crippen molar-refractivity contribution in [3.05, 3.63) is 35.4 Å². The molecule has 0 heterocycles. The van der Waals surface area contributed by atoms with Crippen molar-refractivity contribution in [2.45, 2.75) is 44.6 Å². The average Bonchev–Trinajstić information content (AvgIpc) is 2.66. The number of rotatable bonds is 3. The van der Waals surface area contributed by atoms with Gasteiger partial charge in [0.15, 0.2) is 0 Å². The summed E-state index contributed by atoms with van der Waals surface area (Å²) in [6.45, 7) is 0. The highest BCUT2D eigenvalue weighted by molar-refractivity contribution is 5.77. The highest BCUT2D eigenvalue weighted by Crippen LogP contribution is 2.34. The van der Waals surface area contributed by atoms with Crippen LogP contribution in [0.25, 0.3) is 0 Å². The van der Waals surface area contributed by atoms with Gasteiger partial charge in [-0.2, -0.15) is 0 Å². The van der Waals surface area contributed by atoms with E-state index in [4.69, 9.17) is 0 Å². The topological polar surface area (TPSA) is 37.3 Å². The molecule has 1 saturated carbocycles. The van der Waals surface area contributed by atoms with E-state index in [1.165, 1.54) is 25.7 Å². The number of carbonyl (C=O) groups is 1. The van der Waals surface area contributed by atoms with E-state index < -0.39 is 6.10 Å². The van der Waals surface area contributed by atoms with E-state index in [9.17, 15) is 9.90 Å². The zero-order chi connectivity index (χ0) is 12.1. The Balaban J connectivity index is 2.16. The summed E-state index contributed by atoms with van der Waals surface area (Å²) in [6, 6.07) is 7.39. The summed E-state index contributed by atoms with van der Waals surface area (Å²) in [4.78, 5) is 11.0. The summed E-state index contributed by atoms with van der Waals surface area (Å²) >= 11 is 0. The van der Waals surface area contributed by atoms with E-state index in [1.807, 2.05) is 18.2 Å². The SMILES string of the molecule is O=Cc1ccccc1C(O)C1CCCCCC1. The summed E-state index contributed by atoms with van der Waals surface area (Å²) in [5, 5.41) is 10.4. The number of carbonyl (C=O) groups excluding carboxylic acids is 1. The molecule has 2 rings (SSSR count). The van der Waals surface area contributed by atoms with Crippen LogP contribution in [0.3, 0.4) is 0 Å². The van der Waals surface area contributed by atoms with Gasteiger partial charge in [0, 0.05) is 5.56 Å². The number of aliphatic hydroxyl groups excluding tert-OH is 1. The second-order valence-corrected chi connectivity index (χ2v) is 4.94. The summed E-state index contributed by atoms with van der Waals surface area (Å²) in [5.41, 5.74) is 1.43. The van der Waals surface area contributed by atoms with Crippen molar-refractivity contribution in [3.8, 4) is 0 Å². The van der Waals surface area contributed by atoms with Gasteiger partial charge in [-0.1, -0.05) is 49.9 Å². The highest BCUT2D eigenvalue weighted by Gasteiger charge is 2.23. The van der Waals surface area contributed by atoms with Crippen molar-refractivity contribution >= 4 is 6.29 Å². The minimum Gasteiger partial charge on any atom is -0.388 e. The molecule has 92 valence electrons. The first-order chi connectivity index (χ1) is 8.33. The molecule has 1 atom stereocenters. The van der Waals surface area contributed by atoms with Gasteiger partial charge in [0.1, 0.15) is 6.29 Å². The van der Waals surface area contributed by atoms with E-state index in [2.05, 4.69) is 0 Å². The van der Waals surface area contributed by atoms with Crippen molar-refractivity contribution in [3.63, 3.8) is 0 Å². The van der Waals surface area contributed by atoms with E-state index >= 15 is 0 Å². The molecule has 2 nitrogen and oxygen atoms in total. The molecule has 2 heteroatoms. The molecule has 0 amide bonds. The van der Waals surface area contributed by atoms with Gasteiger partial charge in [-0.3, -0.25) is 4.79 Å². The average molecular weight is 232 g/mol.